The molecule has 1 atom stereocenters. The average Bonchev–Trinajstić information content (AvgIpc) is 3.21. The van der Waals surface area contributed by atoms with Crippen LogP contribution < -0.4 is 10.6 Å². The highest BCUT2D eigenvalue weighted by Gasteiger charge is 2.28. The van der Waals surface area contributed by atoms with E-state index in [1.54, 1.807) is 7.05 Å². The molecule has 3 aromatic rings. The Morgan fingerprint density at radius 3 is 2.77 bits per heavy atom. The molecule has 2 heterocycles. The number of carbonyl (C=O) groups is 2. The van der Waals surface area contributed by atoms with Gasteiger partial charge in [-0.2, -0.15) is 0 Å². The van der Waals surface area contributed by atoms with Crippen LogP contribution in [0, 0.1) is 5.92 Å². The first-order valence-corrected chi connectivity index (χ1v) is 10.2. The van der Waals surface area contributed by atoms with Crippen molar-refractivity contribution in [3.8, 4) is 0 Å². The molecule has 0 aliphatic heterocycles. The van der Waals surface area contributed by atoms with E-state index in [1.165, 1.54) is 27.6 Å². The summed E-state index contributed by atoms with van der Waals surface area (Å²) in [6.45, 7) is 2.22. The molecule has 7 heteroatoms. The Kier molecular flexibility index (Phi) is 4.50. The van der Waals surface area contributed by atoms with E-state index in [0.29, 0.717) is 21.5 Å². The van der Waals surface area contributed by atoms with E-state index in [-0.39, 0.29) is 11.8 Å². The van der Waals surface area contributed by atoms with Gasteiger partial charge in [-0.05, 0) is 42.9 Å². The molecule has 0 spiro atoms. The van der Waals surface area contributed by atoms with Gasteiger partial charge in [0.05, 0.1) is 15.8 Å². The fourth-order valence-electron chi connectivity index (χ4n) is 3.33. The lowest BCUT2D eigenvalue weighted by atomic mass is 9.88. The smallest absolute Gasteiger partial charge is 0.285 e. The molecule has 134 valence electrons. The van der Waals surface area contributed by atoms with Gasteiger partial charge < -0.3 is 10.6 Å². The number of thiophene rings is 1. The lowest BCUT2D eigenvalue weighted by molar-refractivity contribution is 0.0963. The first kappa shape index (κ1) is 17.2. The molecule has 0 fully saturated rings. The van der Waals surface area contributed by atoms with E-state index >= 15 is 0 Å². The van der Waals surface area contributed by atoms with Crippen LogP contribution in [-0.2, 0) is 12.8 Å². The molecule has 5 nitrogen and oxygen atoms in total. The van der Waals surface area contributed by atoms with Gasteiger partial charge in [-0.15, -0.1) is 22.7 Å². The standard InChI is InChI=1S/C19H19N3O2S2/c1-10-7-8-11-14(9-10)26-18(15(11)16(23)20-2)22-17(24)19-21-12-5-3-4-6-13(12)25-19/h3-6,10H,7-9H2,1-2H3,(H,20,23)(H,22,24)/t10-/m0/s1. The Morgan fingerprint density at radius 1 is 1.19 bits per heavy atom. The molecular formula is C19H19N3O2S2. The highest BCUT2D eigenvalue weighted by molar-refractivity contribution is 7.20. The molecule has 26 heavy (non-hydrogen) atoms. The van der Waals surface area contributed by atoms with Crippen molar-refractivity contribution in [2.45, 2.75) is 26.2 Å². The number of nitrogens with one attached hydrogen (secondary N) is 2. The number of amides is 2. The number of aromatic nitrogens is 1. The number of hydrogen-bond donors (Lipinski definition) is 2. The summed E-state index contributed by atoms with van der Waals surface area (Å²) in [5.41, 5.74) is 2.52. The molecule has 2 amide bonds. The summed E-state index contributed by atoms with van der Waals surface area (Å²) in [7, 11) is 1.62. The van der Waals surface area contributed by atoms with E-state index in [4.69, 9.17) is 0 Å². The minimum absolute atomic E-state index is 0.142. The maximum atomic E-state index is 12.7. The SMILES string of the molecule is CNC(=O)c1c(NC(=O)c2nc3ccccc3s2)sc2c1CC[C@H](C)C2. The zero-order chi connectivity index (χ0) is 18.3. The van der Waals surface area contributed by atoms with Gasteiger partial charge in [0.1, 0.15) is 5.00 Å². The maximum Gasteiger partial charge on any atom is 0.285 e. The Bertz CT molecular complexity index is 973. The van der Waals surface area contributed by atoms with Gasteiger partial charge in [-0.1, -0.05) is 19.1 Å². The van der Waals surface area contributed by atoms with Crippen LogP contribution >= 0.6 is 22.7 Å². The van der Waals surface area contributed by atoms with Crippen molar-refractivity contribution in [2.24, 2.45) is 5.92 Å². The van der Waals surface area contributed by atoms with Gasteiger partial charge in [0, 0.05) is 11.9 Å². The molecule has 4 rings (SSSR count). The third-order valence-corrected chi connectivity index (χ3v) is 6.89. The Labute approximate surface area is 159 Å². The number of carbonyl (C=O) groups excluding carboxylic acids is 2. The van der Waals surface area contributed by atoms with E-state index in [1.807, 2.05) is 24.3 Å². The molecule has 0 saturated heterocycles. The zero-order valence-corrected chi connectivity index (χ0v) is 16.2. The summed E-state index contributed by atoms with van der Waals surface area (Å²) in [5, 5.41) is 6.69. The summed E-state index contributed by atoms with van der Waals surface area (Å²) < 4.78 is 0.975. The number of para-hydroxylation sites is 1. The molecule has 1 aliphatic rings. The lowest BCUT2D eigenvalue weighted by Crippen LogP contribution is -2.22. The van der Waals surface area contributed by atoms with Gasteiger partial charge >= 0.3 is 0 Å². The number of nitrogens with zero attached hydrogens (tertiary/aromatic N) is 1. The fourth-order valence-corrected chi connectivity index (χ4v) is 5.59. The molecule has 0 bridgehead atoms. The quantitative estimate of drug-likeness (QED) is 0.713. The molecular weight excluding hydrogens is 366 g/mol. The van der Waals surface area contributed by atoms with Crippen molar-refractivity contribution in [1.82, 2.24) is 10.3 Å². The fraction of sp³-hybridized carbons (Fsp3) is 0.316. The van der Waals surface area contributed by atoms with Gasteiger partial charge in [0.25, 0.3) is 11.8 Å². The van der Waals surface area contributed by atoms with Crippen molar-refractivity contribution in [3.05, 3.63) is 45.3 Å². The number of fused-ring (bicyclic) bond motifs is 2. The molecule has 2 aromatic heterocycles. The van der Waals surface area contributed by atoms with Crippen molar-refractivity contribution in [2.75, 3.05) is 12.4 Å². The predicted molar refractivity (Wildman–Crippen MR) is 106 cm³/mol. The summed E-state index contributed by atoms with van der Waals surface area (Å²) in [4.78, 5) is 30.8. The summed E-state index contributed by atoms with van der Waals surface area (Å²) in [5.74, 6) is 0.200. The second kappa shape index (κ2) is 6.81. The summed E-state index contributed by atoms with van der Waals surface area (Å²) in [6, 6.07) is 7.68. The number of rotatable bonds is 3. The van der Waals surface area contributed by atoms with Crippen molar-refractivity contribution in [3.63, 3.8) is 0 Å². The monoisotopic (exact) mass is 385 g/mol. The van der Waals surface area contributed by atoms with Crippen LogP contribution in [0.5, 0.6) is 0 Å². The first-order chi connectivity index (χ1) is 12.6. The third kappa shape index (κ3) is 3.01. The Hall–Kier alpha value is -2.25. The van der Waals surface area contributed by atoms with Crippen LogP contribution in [0.25, 0.3) is 10.2 Å². The number of hydrogen-bond acceptors (Lipinski definition) is 5. The van der Waals surface area contributed by atoms with Crippen LogP contribution in [0.1, 0.15) is 43.9 Å². The average molecular weight is 386 g/mol. The molecule has 1 aliphatic carbocycles. The minimum atomic E-state index is -0.261. The highest BCUT2D eigenvalue weighted by atomic mass is 32.1. The van der Waals surface area contributed by atoms with E-state index < -0.39 is 0 Å². The van der Waals surface area contributed by atoms with E-state index in [0.717, 1.165) is 35.0 Å². The lowest BCUT2D eigenvalue weighted by Gasteiger charge is -2.18. The van der Waals surface area contributed by atoms with E-state index in [2.05, 4.69) is 22.5 Å². The van der Waals surface area contributed by atoms with Gasteiger partial charge in [0.2, 0.25) is 0 Å². The number of thiazole rings is 1. The van der Waals surface area contributed by atoms with Gasteiger partial charge in [-0.3, -0.25) is 9.59 Å². The molecule has 0 unspecified atom stereocenters. The van der Waals surface area contributed by atoms with Crippen LogP contribution in [0.4, 0.5) is 5.00 Å². The maximum absolute atomic E-state index is 12.7. The van der Waals surface area contributed by atoms with Crippen molar-refractivity contribution in [1.29, 1.82) is 0 Å². The summed E-state index contributed by atoms with van der Waals surface area (Å²) >= 11 is 2.88. The molecule has 0 saturated carbocycles. The summed E-state index contributed by atoms with van der Waals surface area (Å²) in [6.07, 6.45) is 2.91. The Balaban J connectivity index is 1.68. The second-order valence-corrected chi connectivity index (χ2v) is 8.71. The first-order valence-electron chi connectivity index (χ1n) is 8.60. The van der Waals surface area contributed by atoms with Crippen LogP contribution in [0.15, 0.2) is 24.3 Å². The van der Waals surface area contributed by atoms with Crippen LogP contribution in [-0.4, -0.2) is 23.8 Å². The van der Waals surface area contributed by atoms with Crippen LogP contribution in [0.2, 0.25) is 0 Å². The highest BCUT2D eigenvalue weighted by Crippen LogP contribution is 2.40. The van der Waals surface area contributed by atoms with Gasteiger partial charge in [-0.25, -0.2) is 4.98 Å². The zero-order valence-electron chi connectivity index (χ0n) is 14.6. The topological polar surface area (TPSA) is 71.1 Å². The number of benzene rings is 1. The molecule has 2 N–H and O–H groups in total. The second-order valence-electron chi connectivity index (χ2n) is 6.58. The van der Waals surface area contributed by atoms with Gasteiger partial charge in [0.15, 0.2) is 5.01 Å². The predicted octanol–water partition coefficient (Wildman–Crippen LogP) is 4.09. The van der Waals surface area contributed by atoms with Crippen LogP contribution in [0.3, 0.4) is 0 Å². The van der Waals surface area contributed by atoms with E-state index in [9.17, 15) is 9.59 Å². The van der Waals surface area contributed by atoms with Crippen molar-refractivity contribution < 1.29 is 9.59 Å². The molecule has 0 radical (unpaired) electrons. The third-order valence-electron chi connectivity index (χ3n) is 4.68. The minimum Gasteiger partial charge on any atom is -0.355 e. The van der Waals surface area contributed by atoms with Crippen molar-refractivity contribution >= 4 is 49.7 Å². The largest absolute Gasteiger partial charge is 0.355 e. The normalized spacial score (nSPS) is 16.3. The Morgan fingerprint density at radius 2 is 2.00 bits per heavy atom. The molecule has 1 aromatic carbocycles. The number of anilines is 1.